The van der Waals surface area contributed by atoms with Crippen LogP contribution in [0.2, 0.25) is 0 Å². The summed E-state index contributed by atoms with van der Waals surface area (Å²) in [5.41, 5.74) is 0.494. The lowest BCUT2D eigenvalue weighted by Crippen LogP contribution is -2.28. The highest BCUT2D eigenvalue weighted by Crippen LogP contribution is 2.52. The van der Waals surface area contributed by atoms with Gasteiger partial charge in [0.25, 0.3) is 11.8 Å². The molecule has 6 heteroatoms. The molecule has 2 bridgehead atoms. The van der Waals surface area contributed by atoms with Crippen LogP contribution in [0.4, 0.5) is 0 Å². The summed E-state index contributed by atoms with van der Waals surface area (Å²) in [5, 5.41) is 23.6. The maximum atomic E-state index is 12.4. The number of phenolic OH excluding ortho intramolecular Hbond substituents is 2. The number of phenols is 2. The average Bonchev–Trinajstić information content (AvgIpc) is 3.16. The number of allylic oxidation sites excluding steroid dienone is 2. The SMILES string of the molecule is O=C1[C@@H]2[C@@H](C(=O)N1/N=C\c1ccc(O)c(O)c1)[C@H]1C=C[C@@H]2C1. The van der Waals surface area contributed by atoms with Crippen LogP contribution >= 0.6 is 0 Å². The van der Waals surface area contributed by atoms with E-state index >= 15 is 0 Å². The Morgan fingerprint density at radius 2 is 1.68 bits per heavy atom. The van der Waals surface area contributed by atoms with E-state index in [4.69, 9.17) is 0 Å². The minimum absolute atomic E-state index is 0.157. The smallest absolute Gasteiger partial charge is 0.254 e. The summed E-state index contributed by atoms with van der Waals surface area (Å²) < 4.78 is 0. The van der Waals surface area contributed by atoms with Crippen LogP contribution in [-0.2, 0) is 9.59 Å². The van der Waals surface area contributed by atoms with Crippen molar-refractivity contribution in [2.75, 3.05) is 0 Å². The van der Waals surface area contributed by atoms with E-state index in [1.165, 1.54) is 24.4 Å². The Hall–Kier alpha value is -2.63. The van der Waals surface area contributed by atoms with Crippen LogP contribution in [-0.4, -0.2) is 33.3 Å². The molecule has 2 N–H and O–H groups in total. The molecule has 1 saturated heterocycles. The molecule has 2 amide bonds. The van der Waals surface area contributed by atoms with Gasteiger partial charge in [-0.05, 0) is 42.0 Å². The number of benzene rings is 1. The van der Waals surface area contributed by atoms with E-state index in [2.05, 4.69) is 5.10 Å². The molecule has 3 aliphatic rings. The Morgan fingerprint density at radius 1 is 1.05 bits per heavy atom. The van der Waals surface area contributed by atoms with Crippen molar-refractivity contribution in [1.82, 2.24) is 5.01 Å². The molecule has 6 nitrogen and oxygen atoms in total. The summed E-state index contributed by atoms with van der Waals surface area (Å²) in [4.78, 5) is 24.8. The van der Waals surface area contributed by atoms with E-state index in [0.29, 0.717) is 5.56 Å². The number of hydrogen-bond acceptors (Lipinski definition) is 5. The number of carbonyl (C=O) groups excluding carboxylic acids is 2. The molecule has 2 fully saturated rings. The maximum absolute atomic E-state index is 12.4. The highest BCUT2D eigenvalue weighted by atomic mass is 16.3. The largest absolute Gasteiger partial charge is 0.504 e. The van der Waals surface area contributed by atoms with Crippen LogP contribution in [0.5, 0.6) is 11.5 Å². The number of fused-ring (bicyclic) bond motifs is 5. The number of imide groups is 1. The van der Waals surface area contributed by atoms with Gasteiger partial charge in [-0.2, -0.15) is 10.1 Å². The van der Waals surface area contributed by atoms with E-state index in [1.807, 2.05) is 12.2 Å². The van der Waals surface area contributed by atoms with E-state index < -0.39 is 0 Å². The third-order valence-corrected chi connectivity index (χ3v) is 4.77. The van der Waals surface area contributed by atoms with Crippen LogP contribution < -0.4 is 0 Å². The van der Waals surface area contributed by atoms with Gasteiger partial charge in [0.1, 0.15) is 0 Å². The molecular formula is C16H14N2O4. The van der Waals surface area contributed by atoms with Gasteiger partial charge in [-0.3, -0.25) is 9.59 Å². The van der Waals surface area contributed by atoms with E-state index in [1.54, 1.807) is 0 Å². The monoisotopic (exact) mass is 298 g/mol. The van der Waals surface area contributed by atoms with Crippen molar-refractivity contribution in [1.29, 1.82) is 0 Å². The molecule has 1 heterocycles. The second-order valence-electron chi connectivity index (χ2n) is 5.98. The van der Waals surface area contributed by atoms with Gasteiger partial charge in [0.15, 0.2) is 11.5 Å². The first-order chi connectivity index (χ1) is 10.6. The molecule has 1 aromatic carbocycles. The molecular weight excluding hydrogens is 284 g/mol. The predicted molar refractivity (Wildman–Crippen MR) is 76.9 cm³/mol. The Bertz CT molecular complexity index is 710. The molecule has 4 rings (SSSR count). The lowest BCUT2D eigenvalue weighted by atomic mass is 9.85. The number of hydrogen-bond donors (Lipinski definition) is 2. The second kappa shape index (κ2) is 4.43. The van der Waals surface area contributed by atoms with Gasteiger partial charge in [-0.15, -0.1) is 0 Å². The quantitative estimate of drug-likeness (QED) is 0.372. The fourth-order valence-corrected chi connectivity index (χ4v) is 3.75. The van der Waals surface area contributed by atoms with Crippen molar-refractivity contribution >= 4 is 18.0 Å². The van der Waals surface area contributed by atoms with Gasteiger partial charge < -0.3 is 10.2 Å². The standard InChI is InChI=1S/C16H14N2O4/c19-11-4-1-8(5-12(11)20)7-17-18-15(21)13-9-2-3-10(6-9)14(13)16(18)22/h1-5,7,9-10,13-14,19-20H,6H2/b17-7-/t9-,10+,13-,14-/m0/s1. The number of aromatic hydroxyl groups is 2. The number of hydrazone groups is 1. The average molecular weight is 298 g/mol. The summed E-state index contributed by atoms with van der Waals surface area (Å²) in [5.74, 6) is -1.23. The zero-order chi connectivity index (χ0) is 15.4. The summed E-state index contributed by atoms with van der Waals surface area (Å²) in [6.07, 6.45) is 6.28. The van der Waals surface area contributed by atoms with E-state index in [-0.39, 0.29) is 47.0 Å². The van der Waals surface area contributed by atoms with Crippen LogP contribution in [0.25, 0.3) is 0 Å². The zero-order valence-corrected chi connectivity index (χ0v) is 11.6. The number of amides is 2. The molecule has 0 radical (unpaired) electrons. The summed E-state index contributed by atoms with van der Waals surface area (Å²) in [7, 11) is 0. The van der Waals surface area contributed by atoms with Gasteiger partial charge in [-0.1, -0.05) is 12.2 Å². The van der Waals surface area contributed by atoms with Gasteiger partial charge >= 0.3 is 0 Å². The van der Waals surface area contributed by atoms with Crippen LogP contribution in [0, 0.1) is 23.7 Å². The van der Waals surface area contributed by atoms with Gasteiger partial charge in [0.05, 0.1) is 18.1 Å². The Labute approximate surface area is 126 Å². The Morgan fingerprint density at radius 3 is 2.27 bits per heavy atom. The van der Waals surface area contributed by atoms with Crippen molar-refractivity contribution in [3.8, 4) is 11.5 Å². The number of carbonyl (C=O) groups is 2. The molecule has 1 saturated carbocycles. The van der Waals surface area contributed by atoms with Crippen molar-refractivity contribution < 1.29 is 19.8 Å². The molecule has 0 unspecified atom stereocenters. The molecule has 2 aliphatic carbocycles. The summed E-state index contributed by atoms with van der Waals surface area (Å²) in [6, 6.07) is 4.18. The van der Waals surface area contributed by atoms with Gasteiger partial charge in [-0.25, -0.2) is 0 Å². The first-order valence-corrected chi connectivity index (χ1v) is 7.18. The molecule has 1 aromatic rings. The molecule has 1 aliphatic heterocycles. The fraction of sp³-hybridized carbons (Fsp3) is 0.312. The predicted octanol–water partition coefficient (Wildman–Crippen LogP) is 1.24. The third kappa shape index (κ3) is 1.70. The van der Waals surface area contributed by atoms with Gasteiger partial charge in [0, 0.05) is 0 Å². The summed E-state index contributed by atoms with van der Waals surface area (Å²) >= 11 is 0. The first-order valence-electron chi connectivity index (χ1n) is 7.18. The van der Waals surface area contributed by atoms with E-state index in [9.17, 15) is 19.8 Å². The minimum Gasteiger partial charge on any atom is -0.504 e. The van der Waals surface area contributed by atoms with Crippen LogP contribution in [0.3, 0.4) is 0 Å². The topological polar surface area (TPSA) is 90.2 Å². The van der Waals surface area contributed by atoms with Crippen LogP contribution in [0.15, 0.2) is 35.5 Å². The van der Waals surface area contributed by atoms with Crippen molar-refractivity contribution in [3.05, 3.63) is 35.9 Å². The van der Waals surface area contributed by atoms with Crippen molar-refractivity contribution in [2.24, 2.45) is 28.8 Å². The maximum Gasteiger partial charge on any atom is 0.254 e. The zero-order valence-electron chi connectivity index (χ0n) is 11.6. The third-order valence-electron chi connectivity index (χ3n) is 4.77. The molecule has 4 atom stereocenters. The highest BCUT2D eigenvalue weighted by molar-refractivity contribution is 6.06. The summed E-state index contributed by atoms with van der Waals surface area (Å²) in [6.45, 7) is 0. The molecule has 22 heavy (non-hydrogen) atoms. The highest BCUT2D eigenvalue weighted by Gasteiger charge is 2.59. The fourth-order valence-electron chi connectivity index (χ4n) is 3.75. The van der Waals surface area contributed by atoms with Gasteiger partial charge in [0.2, 0.25) is 0 Å². The minimum atomic E-state index is -0.276. The second-order valence-corrected chi connectivity index (χ2v) is 5.98. The molecule has 0 spiro atoms. The Balaban J connectivity index is 1.59. The normalized spacial score (nSPS) is 32.5. The Kier molecular flexibility index (Phi) is 2.63. The molecule has 0 aromatic heterocycles. The van der Waals surface area contributed by atoms with E-state index in [0.717, 1.165) is 11.4 Å². The van der Waals surface area contributed by atoms with Crippen LogP contribution in [0.1, 0.15) is 12.0 Å². The number of nitrogens with zero attached hydrogens (tertiary/aromatic N) is 2. The van der Waals surface area contributed by atoms with Crippen molar-refractivity contribution in [3.63, 3.8) is 0 Å². The lowest BCUT2D eigenvalue weighted by Gasteiger charge is -2.13. The first kappa shape index (κ1) is 13.1. The van der Waals surface area contributed by atoms with Crippen molar-refractivity contribution in [2.45, 2.75) is 6.42 Å². The lowest BCUT2D eigenvalue weighted by molar-refractivity contribution is -0.140. The molecule has 112 valence electrons. The number of rotatable bonds is 2.